The Morgan fingerprint density at radius 2 is 1.56 bits per heavy atom. The van der Waals surface area contributed by atoms with Crippen molar-refractivity contribution in [2.24, 2.45) is 0 Å². The lowest BCUT2D eigenvalue weighted by molar-refractivity contribution is -0.192. The van der Waals surface area contributed by atoms with Crippen molar-refractivity contribution in [2.75, 3.05) is 26.2 Å². The van der Waals surface area contributed by atoms with Crippen LogP contribution >= 0.6 is 0 Å². The van der Waals surface area contributed by atoms with Crippen LogP contribution in [0.1, 0.15) is 48.0 Å². The molecule has 2 fully saturated rings. The van der Waals surface area contributed by atoms with E-state index in [4.69, 9.17) is 9.90 Å². The molecular weight excluding hydrogens is 525 g/mol. The molecule has 0 bridgehead atoms. The monoisotopic (exact) mass is 555 g/mol. The molecule has 2 aromatic rings. The Balaban J connectivity index is 0.000000532. The number of benzene rings is 2. The number of nitrogens with one attached hydrogen (secondary N) is 1. The first-order chi connectivity index (χ1) is 18.4. The van der Waals surface area contributed by atoms with Crippen LogP contribution in [0.25, 0.3) is 0 Å². The maximum atomic E-state index is 14.1. The van der Waals surface area contributed by atoms with Gasteiger partial charge in [0, 0.05) is 36.3 Å². The fourth-order valence-electron chi connectivity index (χ4n) is 5.09. The minimum absolute atomic E-state index is 0.0201. The van der Waals surface area contributed by atoms with Gasteiger partial charge in [0.1, 0.15) is 11.6 Å². The molecule has 2 saturated heterocycles. The summed E-state index contributed by atoms with van der Waals surface area (Å²) in [6, 6.07) is 12.4. The van der Waals surface area contributed by atoms with Gasteiger partial charge >= 0.3 is 12.1 Å². The van der Waals surface area contributed by atoms with Crippen molar-refractivity contribution < 1.29 is 41.4 Å². The van der Waals surface area contributed by atoms with Gasteiger partial charge in [0.05, 0.1) is 6.54 Å². The molecule has 12 heteroatoms. The number of hydrogen-bond donors (Lipinski definition) is 2. The SMILES string of the molecule is O=C(NCC(=O)N1CCCC12CCCN(Cc1cc(F)ccc1F)CC2)c1ccccc1.O=C(O)C(F)(F)F. The highest BCUT2D eigenvalue weighted by Gasteiger charge is 2.44. The maximum absolute atomic E-state index is 14.1. The number of likely N-dealkylation sites (tertiary alicyclic amines) is 2. The van der Waals surface area contributed by atoms with E-state index in [0.717, 1.165) is 51.3 Å². The van der Waals surface area contributed by atoms with E-state index >= 15 is 0 Å². The number of carbonyl (C=O) groups excluding carboxylic acids is 2. The molecule has 1 unspecified atom stereocenters. The van der Waals surface area contributed by atoms with Gasteiger partial charge in [-0.15, -0.1) is 0 Å². The number of hydrogen-bond acceptors (Lipinski definition) is 4. The number of aliphatic carboxylic acids is 1. The molecule has 4 rings (SSSR count). The summed E-state index contributed by atoms with van der Waals surface area (Å²) < 4.78 is 59.4. The molecule has 0 aromatic heterocycles. The molecule has 2 heterocycles. The molecule has 7 nitrogen and oxygen atoms in total. The van der Waals surface area contributed by atoms with Crippen LogP contribution in [0.3, 0.4) is 0 Å². The molecule has 2 aliphatic rings. The van der Waals surface area contributed by atoms with Crippen molar-refractivity contribution in [1.29, 1.82) is 0 Å². The summed E-state index contributed by atoms with van der Waals surface area (Å²) in [6.07, 6.45) is -0.642. The quantitative estimate of drug-likeness (QED) is 0.535. The number of amides is 2. The van der Waals surface area contributed by atoms with Gasteiger partial charge in [0.2, 0.25) is 5.91 Å². The van der Waals surface area contributed by atoms with Crippen molar-refractivity contribution in [3.05, 3.63) is 71.3 Å². The van der Waals surface area contributed by atoms with Gasteiger partial charge in [-0.25, -0.2) is 13.6 Å². The molecule has 0 radical (unpaired) electrons. The summed E-state index contributed by atoms with van der Waals surface area (Å²) >= 11 is 0. The predicted molar refractivity (Wildman–Crippen MR) is 132 cm³/mol. The van der Waals surface area contributed by atoms with Gasteiger partial charge in [-0.1, -0.05) is 18.2 Å². The standard InChI is InChI=1S/C25H29F2N3O2.C2HF3O2/c26-21-8-9-22(27)20(16-21)18-29-13-4-10-25(12-15-29)11-5-14-30(25)23(31)17-28-24(32)19-6-2-1-3-7-19;3-2(4,5)1(6)7/h1-3,6-9,16H,4-5,10-15,17-18H2,(H,28,32);(H,6,7). The first-order valence-corrected chi connectivity index (χ1v) is 12.5. The second-order valence-corrected chi connectivity index (χ2v) is 9.59. The summed E-state index contributed by atoms with van der Waals surface area (Å²) in [5.74, 6) is -3.89. The third-order valence-corrected chi connectivity index (χ3v) is 6.99. The molecule has 2 aromatic carbocycles. The third-order valence-electron chi connectivity index (χ3n) is 6.99. The van der Waals surface area contributed by atoms with Crippen molar-refractivity contribution in [3.8, 4) is 0 Å². The van der Waals surface area contributed by atoms with Gasteiger partial charge in [-0.05, 0) is 69.0 Å². The summed E-state index contributed by atoms with van der Waals surface area (Å²) in [5, 5.41) is 9.87. The highest BCUT2D eigenvalue weighted by molar-refractivity contribution is 5.96. The Hall–Kier alpha value is -3.54. The lowest BCUT2D eigenvalue weighted by Crippen LogP contribution is -2.51. The van der Waals surface area contributed by atoms with Crippen molar-refractivity contribution in [1.82, 2.24) is 15.1 Å². The van der Waals surface area contributed by atoms with E-state index in [2.05, 4.69) is 10.2 Å². The lowest BCUT2D eigenvalue weighted by atomic mass is 9.87. The van der Waals surface area contributed by atoms with Crippen LogP contribution in [-0.2, 0) is 16.1 Å². The van der Waals surface area contributed by atoms with E-state index in [0.29, 0.717) is 24.2 Å². The van der Waals surface area contributed by atoms with E-state index < -0.39 is 23.8 Å². The van der Waals surface area contributed by atoms with E-state index in [9.17, 15) is 31.5 Å². The Morgan fingerprint density at radius 1 is 0.923 bits per heavy atom. The van der Waals surface area contributed by atoms with E-state index in [1.807, 2.05) is 11.0 Å². The normalized spacial score (nSPS) is 19.7. The molecule has 1 spiro atoms. The van der Waals surface area contributed by atoms with Gasteiger partial charge in [-0.2, -0.15) is 13.2 Å². The highest BCUT2D eigenvalue weighted by Crippen LogP contribution is 2.38. The van der Waals surface area contributed by atoms with Gasteiger partial charge in [0.25, 0.3) is 5.91 Å². The Bertz CT molecular complexity index is 1160. The zero-order valence-corrected chi connectivity index (χ0v) is 21.1. The van der Waals surface area contributed by atoms with E-state index in [1.165, 1.54) is 12.1 Å². The van der Waals surface area contributed by atoms with E-state index in [-0.39, 0.29) is 23.9 Å². The average Bonchev–Trinajstić information content (AvgIpc) is 3.20. The number of halogens is 5. The smallest absolute Gasteiger partial charge is 0.475 e. The molecule has 2 N–H and O–H groups in total. The second kappa shape index (κ2) is 13.0. The highest BCUT2D eigenvalue weighted by atomic mass is 19.4. The molecule has 0 saturated carbocycles. The van der Waals surface area contributed by atoms with Crippen molar-refractivity contribution >= 4 is 17.8 Å². The number of carbonyl (C=O) groups is 3. The van der Waals surface area contributed by atoms with Crippen LogP contribution in [-0.4, -0.2) is 70.6 Å². The first kappa shape index (κ1) is 30.0. The van der Waals surface area contributed by atoms with Crippen molar-refractivity contribution in [3.63, 3.8) is 0 Å². The number of carboxylic acids is 1. The summed E-state index contributed by atoms with van der Waals surface area (Å²) in [7, 11) is 0. The maximum Gasteiger partial charge on any atom is 0.490 e. The summed E-state index contributed by atoms with van der Waals surface area (Å²) in [5.41, 5.74) is 0.680. The zero-order chi connectivity index (χ0) is 28.6. The molecular formula is C27H30F5N3O4. The van der Waals surface area contributed by atoms with Crippen LogP contribution in [0.5, 0.6) is 0 Å². The Kier molecular flexibility index (Phi) is 10.0. The third kappa shape index (κ3) is 8.22. The molecule has 39 heavy (non-hydrogen) atoms. The summed E-state index contributed by atoms with van der Waals surface area (Å²) in [6.45, 7) is 2.54. The van der Waals surface area contributed by atoms with Crippen LogP contribution in [0.4, 0.5) is 22.0 Å². The molecule has 2 aliphatic heterocycles. The van der Waals surface area contributed by atoms with Crippen LogP contribution < -0.4 is 5.32 Å². The molecule has 0 aliphatic carbocycles. The molecule has 1 atom stereocenters. The molecule has 212 valence electrons. The second-order valence-electron chi connectivity index (χ2n) is 9.59. The number of nitrogens with zero attached hydrogens (tertiary/aromatic N) is 2. The van der Waals surface area contributed by atoms with Crippen LogP contribution in [0.2, 0.25) is 0 Å². The lowest BCUT2D eigenvalue weighted by Gasteiger charge is -2.38. The van der Waals surface area contributed by atoms with Crippen molar-refractivity contribution in [2.45, 2.75) is 50.4 Å². The van der Waals surface area contributed by atoms with E-state index in [1.54, 1.807) is 24.3 Å². The number of carboxylic acid groups (broad SMARTS) is 1. The molecule has 2 amide bonds. The zero-order valence-electron chi connectivity index (χ0n) is 21.1. The minimum atomic E-state index is -5.08. The van der Waals surface area contributed by atoms with Crippen LogP contribution in [0.15, 0.2) is 48.5 Å². The fraction of sp³-hybridized carbons (Fsp3) is 0.444. The first-order valence-electron chi connectivity index (χ1n) is 12.5. The number of alkyl halides is 3. The summed E-state index contributed by atoms with van der Waals surface area (Å²) in [4.78, 5) is 38.3. The average molecular weight is 556 g/mol. The number of rotatable bonds is 5. The topological polar surface area (TPSA) is 90.0 Å². The van der Waals surface area contributed by atoms with Gasteiger partial charge in [0.15, 0.2) is 0 Å². The van der Waals surface area contributed by atoms with Gasteiger partial charge in [-0.3, -0.25) is 14.5 Å². The Labute approximate surface area is 222 Å². The fourth-order valence-corrected chi connectivity index (χ4v) is 5.09. The minimum Gasteiger partial charge on any atom is -0.475 e. The largest absolute Gasteiger partial charge is 0.490 e. The predicted octanol–water partition coefficient (Wildman–Crippen LogP) is 4.38. The van der Waals surface area contributed by atoms with Crippen LogP contribution in [0, 0.1) is 11.6 Å². The Morgan fingerprint density at radius 3 is 2.21 bits per heavy atom. The van der Waals surface area contributed by atoms with Gasteiger partial charge < -0.3 is 15.3 Å².